The summed E-state index contributed by atoms with van der Waals surface area (Å²) in [5, 5.41) is 4.39. The summed E-state index contributed by atoms with van der Waals surface area (Å²) in [5.41, 5.74) is 3.66. The van der Waals surface area contributed by atoms with Crippen LogP contribution in [0.15, 0.2) is 48.5 Å². The molecule has 0 bridgehead atoms. The number of amides is 2. The van der Waals surface area contributed by atoms with Crippen LogP contribution in [-0.2, 0) is 11.3 Å². The first-order chi connectivity index (χ1) is 16.4. The Kier molecular flexibility index (Phi) is 5.97. The summed E-state index contributed by atoms with van der Waals surface area (Å²) in [6.07, 6.45) is 8.07. The highest BCUT2D eigenvalue weighted by molar-refractivity contribution is 6.14. The van der Waals surface area contributed by atoms with Gasteiger partial charge < -0.3 is 9.88 Å². The predicted molar refractivity (Wildman–Crippen MR) is 137 cm³/mol. The van der Waals surface area contributed by atoms with Gasteiger partial charge in [-0.25, -0.2) is 0 Å². The Morgan fingerprint density at radius 1 is 0.941 bits per heavy atom. The SMILES string of the molecule is Cc1ccc(N2C(=O)c3cc4ccccc4n3CC2(C)C(=O)NC2CCCCCCC2)cc1C. The fraction of sp³-hybridized carbons (Fsp3) is 0.448. The van der Waals surface area contributed by atoms with E-state index in [-0.39, 0.29) is 17.9 Å². The van der Waals surface area contributed by atoms with Crippen LogP contribution < -0.4 is 10.2 Å². The molecule has 3 aromatic rings. The normalized spacial score (nSPS) is 21.7. The molecule has 0 saturated heterocycles. The zero-order valence-electron chi connectivity index (χ0n) is 20.6. The summed E-state index contributed by atoms with van der Waals surface area (Å²) in [7, 11) is 0. The van der Waals surface area contributed by atoms with Crippen LogP contribution in [0.5, 0.6) is 0 Å². The third kappa shape index (κ3) is 3.91. The number of nitrogens with one attached hydrogen (secondary N) is 1. The second-order valence-corrected chi connectivity index (χ2v) is 10.4. The van der Waals surface area contributed by atoms with Crippen molar-refractivity contribution in [3.05, 3.63) is 65.4 Å². The van der Waals surface area contributed by atoms with Crippen molar-refractivity contribution in [1.29, 1.82) is 0 Å². The lowest BCUT2D eigenvalue weighted by Gasteiger charge is -2.44. The van der Waals surface area contributed by atoms with Gasteiger partial charge in [0.1, 0.15) is 11.2 Å². The Morgan fingerprint density at radius 2 is 1.65 bits per heavy atom. The zero-order chi connectivity index (χ0) is 23.9. The van der Waals surface area contributed by atoms with E-state index in [4.69, 9.17) is 0 Å². The zero-order valence-corrected chi connectivity index (χ0v) is 20.6. The first-order valence-corrected chi connectivity index (χ1v) is 12.7. The van der Waals surface area contributed by atoms with Gasteiger partial charge in [-0.2, -0.15) is 0 Å². The average molecular weight is 458 g/mol. The molecule has 2 aromatic carbocycles. The van der Waals surface area contributed by atoms with Gasteiger partial charge in [0.25, 0.3) is 5.91 Å². The summed E-state index contributed by atoms with van der Waals surface area (Å²) in [6, 6.07) is 16.2. The van der Waals surface area contributed by atoms with E-state index in [1.807, 2.05) is 60.0 Å². The number of aromatic nitrogens is 1. The van der Waals surface area contributed by atoms with Crippen LogP contribution >= 0.6 is 0 Å². The van der Waals surface area contributed by atoms with Gasteiger partial charge in [0.05, 0.1) is 6.54 Å². The van der Waals surface area contributed by atoms with E-state index in [0.717, 1.165) is 47.8 Å². The maximum Gasteiger partial charge on any atom is 0.275 e. The third-order valence-corrected chi connectivity index (χ3v) is 7.87. The van der Waals surface area contributed by atoms with E-state index >= 15 is 0 Å². The Bertz CT molecular complexity index is 1240. The van der Waals surface area contributed by atoms with Crippen LogP contribution in [0.25, 0.3) is 10.9 Å². The quantitative estimate of drug-likeness (QED) is 0.532. The van der Waals surface area contributed by atoms with Gasteiger partial charge in [0, 0.05) is 22.6 Å². The first-order valence-electron chi connectivity index (χ1n) is 12.7. The highest BCUT2D eigenvalue weighted by atomic mass is 16.2. The van der Waals surface area contributed by atoms with Crippen molar-refractivity contribution in [3.63, 3.8) is 0 Å². The fourth-order valence-electron chi connectivity index (χ4n) is 5.66. The lowest BCUT2D eigenvalue weighted by molar-refractivity contribution is -0.127. The number of carbonyl (C=O) groups is 2. The Hall–Kier alpha value is -3.08. The van der Waals surface area contributed by atoms with E-state index < -0.39 is 5.54 Å². The lowest BCUT2D eigenvalue weighted by atomic mass is 9.91. The molecule has 1 atom stereocenters. The summed E-state index contributed by atoms with van der Waals surface area (Å²) < 4.78 is 2.03. The van der Waals surface area contributed by atoms with Gasteiger partial charge in [0.2, 0.25) is 5.91 Å². The maximum absolute atomic E-state index is 14.0. The molecule has 1 fully saturated rings. The molecule has 1 unspecified atom stereocenters. The minimum absolute atomic E-state index is 0.0620. The molecule has 1 N–H and O–H groups in total. The fourth-order valence-corrected chi connectivity index (χ4v) is 5.66. The van der Waals surface area contributed by atoms with Crippen molar-refractivity contribution in [2.75, 3.05) is 4.90 Å². The van der Waals surface area contributed by atoms with Crippen molar-refractivity contribution >= 4 is 28.4 Å². The third-order valence-electron chi connectivity index (χ3n) is 7.87. The van der Waals surface area contributed by atoms with Gasteiger partial charge in [-0.05, 0) is 69.0 Å². The molecule has 178 valence electrons. The number of fused-ring (bicyclic) bond motifs is 3. The van der Waals surface area contributed by atoms with Crippen molar-refractivity contribution in [3.8, 4) is 0 Å². The summed E-state index contributed by atoms with van der Waals surface area (Å²) in [5.74, 6) is -0.186. The van der Waals surface area contributed by atoms with Gasteiger partial charge >= 0.3 is 0 Å². The molecule has 5 nitrogen and oxygen atoms in total. The maximum atomic E-state index is 14.0. The Morgan fingerprint density at radius 3 is 2.38 bits per heavy atom. The molecule has 0 radical (unpaired) electrons. The number of hydrogen-bond acceptors (Lipinski definition) is 2. The molecule has 1 saturated carbocycles. The van der Waals surface area contributed by atoms with E-state index in [9.17, 15) is 9.59 Å². The molecule has 5 heteroatoms. The van der Waals surface area contributed by atoms with Crippen LogP contribution in [-0.4, -0.2) is 28.0 Å². The second-order valence-electron chi connectivity index (χ2n) is 10.4. The molecule has 5 rings (SSSR count). The van der Waals surface area contributed by atoms with Gasteiger partial charge in [-0.3, -0.25) is 14.5 Å². The van der Waals surface area contributed by atoms with Crippen molar-refractivity contribution in [2.45, 2.75) is 83.8 Å². The van der Waals surface area contributed by atoms with Gasteiger partial charge in [-0.15, -0.1) is 0 Å². The second kappa shape index (κ2) is 8.94. The molecule has 2 aliphatic rings. The van der Waals surface area contributed by atoms with Crippen molar-refractivity contribution < 1.29 is 9.59 Å². The highest BCUT2D eigenvalue weighted by Crippen LogP contribution is 2.36. The number of nitrogens with zero attached hydrogens (tertiary/aromatic N) is 2. The summed E-state index contributed by atoms with van der Waals surface area (Å²) in [4.78, 5) is 29.8. The van der Waals surface area contributed by atoms with Crippen LogP contribution in [0, 0.1) is 13.8 Å². The monoisotopic (exact) mass is 457 g/mol. The molecule has 1 aromatic heterocycles. The van der Waals surface area contributed by atoms with Gasteiger partial charge in [0.15, 0.2) is 0 Å². The Labute approximate surface area is 202 Å². The predicted octanol–water partition coefficient (Wildman–Crippen LogP) is 5.91. The summed E-state index contributed by atoms with van der Waals surface area (Å²) in [6.45, 7) is 6.47. The molecule has 1 aliphatic heterocycles. The summed E-state index contributed by atoms with van der Waals surface area (Å²) >= 11 is 0. The van der Waals surface area contributed by atoms with E-state index in [2.05, 4.69) is 19.2 Å². The number of hydrogen-bond donors (Lipinski definition) is 1. The Balaban J connectivity index is 1.58. The van der Waals surface area contributed by atoms with E-state index in [0.29, 0.717) is 12.2 Å². The minimum atomic E-state index is -1.03. The van der Waals surface area contributed by atoms with E-state index in [1.54, 1.807) is 4.90 Å². The largest absolute Gasteiger partial charge is 0.351 e. The number of carbonyl (C=O) groups excluding carboxylic acids is 2. The molecule has 1 aliphatic carbocycles. The minimum Gasteiger partial charge on any atom is -0.351 e. The molecular formula is C29H35N3O2. The van der Waals surface area contributed by atoms with Crippen molar-refractivity contribution in [2.24, 2.45) is 0 Å². The van der Waals surface area contributed by atoms with Crippen LogP contribution in [0.2, 0.25) is 0 Å². The number of rotatable bonds is 3. The molecule has 0 spiro atoms. The standard InChI is InChI=1S/C29H35N3O2/c1-20-15-16-24(17-21(20)2)32-27(33)26-18-22-11-9-10-14-25(22)31(26)19-29(32,3)28(34)30-23-12-7-5-4-6-8-13-23/h9-11,14-18,23H,4-8,12-13,19H2,1-3H3,(H,30,34). The smallest absolute Gasteiger partial charge is 0.275 e. The van der Waals surface area contributed by atoms with Crippen LogP contribution in [0.3, 0.4) is 0 Å². The molecule has 2 amide bonds. The lowest BCUT2D eigenvalue weighted by Crippen LogP contribution is -2.65. The topological polar surface area (TPSA) is 54.3 Å². The highest BCUT2D eigenvalue weighted by Gasteiger charge is 2.49. The first kappa shape index (κ1) is 22.7. The molecule has 34 heavy (non-hydrogen) atoms. The number of para-hydroxylation sites is 1. The average Bonchev–Trinajstić information content (AvgIpc) is 3.16. The van der Waals surface area contributed by atoms with Gasteiger partial charge in [-0.1, -0.05) is 56.4 Å². The number of aryl methyl sites for hydroxylation is 2. The molecule has 2 heterocycles. The van der Waals surface area contributed by atoms with Crippen molar-refractivity contribution in [1.82, 2.24) is 9.88 Å². The number of benzene rings is 2. The number of anilines is 1. The van der Waals surface area contributed by atoms with Crippen LogP contribution in [0.1, 0.15) is 73.5 Å². The van der Waals surface area contributed by atoms with E-state index in [1.165, 1.54) is 24.8 Å². The molecular weight excluding hydrogens is 422 g/mol. The van der Waals surface area contributed by atoms with Crippen LogP contribution in [0.4, 0.5) is 5.69 Å².